The SMILES string of the molecule is N[C@H]1CC[C@@H](c2nc(-c3nccc4ccccc34)no2)C1. The van der Waals surface area contributed by atoms with E-state index in [1.165, 1.54) is 0 Å². The van der Waals surface area contributed by atoms with Crippen LogP contribution in [0.2, 0.25) is 0 Å². The lowest BCUT2D eigenvalue weighted by atomic mass is 10.1. The molecule has 2 atom stereocenters. The molecule has 2 aromatic heterocycles. The molecular weight excluding hydrogens is 264 g/mol. The van der Waals surface area contributed by atoms with Gasteiger partial charge in [-0.2, -0.15) is 4.98 Å². The van der Waals surface area contributed by atoms with Crippen molar-refractivity contribution in [3.63, 3.8) is 0 Å². The van der Waals surface area contributed by atoms with Crippen LogP contribution in [0.4, 0.5) is 0 Å². The van der Waals surface area contributed by atoms with Crippen LogP contribution in [0.1, 0.15) is 31.1 Å². The largest absolute Gasteiger partial charge is 0.339 e. The van der Waals surface area contributed by atoms with Crippen molar-refractivity contribution in [3.05, 3.63) is 42.4 Å². The average molecular weight is 280 g/mol. The van der Waals surface area contributed by atoms with Gasteiger partial charge < -0.3 is 10.3 Å². The Bertz CT molecular complexity index is 777. The highest BCUT2D eigenvalue weighted by Gasteiger charge is 2.28. The molecule has 0 spiro atoms. The van der Waals surface area contributed by atoms with Gasteiger partial charge in [-0.15, -0.1) is 0 Å². The summed E-state index contributed by atoms with van der Waals surface area (Å²) in [5, 5.41) is 6.28. The van der Waals surface area contributed by atoms with Crippen LogP contribution in [-0.2, 0) is 0 Å². The fourth-order valence-electron chi connectivity index (χ4n) is 3.04. The Morgan fingerprint density at radius 2 is 2.05 bits per heavy atom. The number of benzene rings is 1. The first-order chi connectivity index (χ1) is 10.3. The third-order valence-corrected chi connectivity index (χ3v) is 4.15. The third kappa shape index (κ3) is 2.19. The van der Waals surface area contributed by atoms with Gasteiger partial charge in [-0.3, -0.25) is 4.98 Å². The minimum absolute atomic E-state index is 0.251. The number of nitrogens with two attached hydrogens (primary N) is 1. The first-order valence-electron chi connectivity index (χ1n) is 7.24. The zero-order chi connectivity index (χ0) is 14.2. The predicted octanol–water partition coefficient (Wildman–Crippen LogP) is 2.88. The third-order valence-electron chi connectivity index (χ3n) is 4.15. The maximum atomic E-state index is 5.95. The summed E-state index contributed by atoms with van der Waals surface area (Å²) in [7, 11) is 0. The molecule has 2 N–H and O–H groups in total. The summed E-state index contributed by atoms with van der Waals surface area (Å²) >= 11 is 0. The summed E-state index contributed by atoms with van der Waals surface area (Å²) in [5.41, 5.74) is 6.72. The smallest absolute Gasteiger partial charge is 0.230 e. The highest BCUT2D eigenvalue weighted by molar-refractivity contribution is 5.92. The Kier molecular flexibility index (Phi) is 2.93. The minimum atomic E-state index is 0.251. The number of nitrogens with zero attached hydrogens (tertiary/aromatic N) is 3. The Balaban J connectivity index is 1.74. The van der Waals surface area contributed by atoms with E-state index in [1.807, 2.05) is 24.3 Å². The van der Waals surface area contributed by atoms with Crippen molar-refractivity contribution < 1.29 is 4.52 Å². The molecule has 1 aliphatic rings. The van der Waals surface area contributed by atoms with Gasteiger partial charge in [0.1, 0.15) is 5.69 Å². The summed E-state index contributed by atoms with van der Waals surface area (Å²) in [5.74, 6) is 1.53. The van der Waals surface area contributed by atoms with Crippen LogP contribution in [0.15, 0.2) is 41.1 Å². The van der Waals surface area contributed by atoms with Crippen molar-refractivity contribution in [2.75, 3.05) is 0 Å². The van der Waals surface area contributed by atoms with Crippen LogP contribution in [0.25, 0.3) is 22.3 Å². The second kappa shape index (κ2) is 4.93. The Morgan fingerprint density at radius 3 is 2.90 bits per heavy atom. The van der Waals surface area contributed by atoms with Gasteiger partial charge in [0.25, 0.3) is 0 Å². The molecule has 0 bridgehead atoms. The van der Waals surface area contributed by atoms with Crippen molar-refractivity contribution >= 4 is 10.8 Å². The predicted molar refractivity (Wildman–Crippen MR) is 79.6 cm³/mol. The minimum Gasteiger partial charge on any atom is -0.339 e. The normalized spacial score (nSPS) is 22.0. The molecule has 106 valence electrons. The zero-order valence-corrected chi connectivity index (χ0v) is 11.6. The maximum absolute atomic E-state index is 5.95. The van der Waals surface area contributed by atoms with Crippen LogP contribution in [-0.4, -0.2) is 21.2 Å². The van der Waals surface area contributed by atoms with E-state index in [1.54, 1.807) is 6.20 Å². The Morgan fingerprint density at radius 1 is 1.14 bits per heavy atom. The number of fused-ring (bicyclic) bond motifs is 1. The summed E-state index contributed by atoms with van der Waals surface area (Å²) in [6.07, 6.45) is 4.74. The standard InChI is InChI=1S/C16H16N4O/c17-12-6-5-11(9-12)16-19-15(20-21-16)14-13-4-2-1-3-10(13)7-8-18-14/h1-4,7-8,11-12H,5-6,9,17H2/t11-,12+/m1/s1. The van der Waals surface area contributed by atoms with Crippen LogP contribution in [0.3, 0.4) is 0 Å². The van der Waals surface area contributed by atoms with Crippen molar-refractivity contribution in [1.82, 2.24) is 15.1 Å². The fourth-order valence-corrected chi connectivity index (χ4v) is 3.04. The van der Waals surface area contributed by atoms with Crippen LogP contribution >= 0.6 is 0 Å². The molecule has 1 saturated carbocycles. The Labute approximate surface area is 122 Å². The molecule has 4 rings (SSSR count). The molecule has 5 heteroatoms. The summed E-state index contributed by atoms with van der Waals surface area (Å²) in [6, 6.07) is 10.3. The zero-order valence-electron chi connectivity index (χ0n) is 11.6. The molecule has 0 unspecified atom stereocenters. The maximum Gasteiger partial charge on any atom is 0.230 e. The van der Waals surface area contributed by atoms with E-state index in [9.17, 15) is 0 Å². The number of rotatable bonds is 2. The molecule has 1 aromatic carbocycles. The van der Waals surface area contributed by atoms with E-state index in [-0.39, 0.29) is 12.0 Å². The molecule has 0 amide bonds. The van der Waals surface area contributed by atoms with E-state index >= 15 is 0 Å². The van der Waals surface area contributed by atoms with E-state index in [0.717, 1.165) is 35.7 Å². The van der Waals surface area contributed by atoms with Gasteiger partial charge in [0.2, 0.25) is 11.7 Å². The monoisotopic (exact) mass is 280 g/mol. The first-order valence-corrected chi connectivity index (χ1v) is 7.24. The second-order valence-corrected chi connectivity index (χ2v) is 5.61. The molecule has 1 fully saturated rings. The van der Waals surface area contributed by atoms with Crippen molar-refractivity contribution in [1.29, 1.82) is 0 Å². The van der Waals surface area contributed by atoms with Gasteiger partial charge in [0, 0.05) is 23.5 Å². The van der Waals surface area contributed by atoms with E-state index in [0.29, 0.717) is 11.7 Å². The van der Waals surface area contributed by atoms with Crippen molar-refractivity contribution in [2.24, 2.45) is 5.73 Å². The topological polar surface area (TPSA) is 77.8 Å². The van der Waals surface area contributed by atoms with Gasteiger partial charge in [-0.05, 0) is 30.7 Å². The van der Waals surface area contributed by atoms with Gasteiger partial charge >= 0.3 is 0 Å². The molecule has 0 saturated heterocycles. The molecule has 0 radical (unpaired) electrons. The van der Waals surface area contributed by atoms with Crippen molar-refractivity contribution in [2.45, 2.75) is 31.2 Å². The molecule has 0 aliphatic heterocycles. The number of pyridine rings is 1. The molecule has 2 heterocycles. The number of hydrogen-bond acceptors (Lipinski definition) is 5. The lowest BCUT2D eigenvalue weighted by Gasteiger charge is -2.02. The Hall–Kier alpha value is -2.27. The van der Waals surface area contributed by atoms with Gasteiger partial charge in [-0.1, -0.05) is 29.4 Å². The molecule has 1 aliphatic carbocycles. The summed E-state index contributed by atoms with van der Waals surface area (Å²) in [6.45, 7) is 0. The van der Waals surface area contributed by atoms with E-state index in [4.69, 9.17) is 10.3 Å². The van der Waals surface area contributed by atoms with E-state index < -0.39 is 0 Å². The van der Waals surface area contributed by atoms with Crippen LogP contribution < -0.4 is 5.73 Å². The summed E-state index contributed by atoms with van der Waals surface area (Å²) < 4.78 is 5.44. The van der Waals surface area contributed by atoms with Gasteiger partial charge in [0.05, 0.1) is 0 Å². The van der Waals surface area contributed by atoms with Crippen LogP contribution in [0.5, 0.6) is 0 Å². The number of aromatic nitrogens is 3. The number of hydrogen-bond donors (Lipinski definition) is 1. The first kappa shape index (κ1) is 12.5. The molecule has 3 aromatic rings. The van der Waals surface area contributed by atoms with Gasteiger partial charge in [-0.25, -0.2) is 0 Å². The lowest BCUT2D eigenvalue weighted by Crippen LogP contribution is -2.14. The summed E-state index contributed by atoms with van der Waals surface area (Å²) in [4.78, 5) is 8.97. The van der Waals surface area contributed by atoms with Gasteiger partial charge in [0.15, 0.2) is 0 Å². The quantitative estimate of drug-likeness (QED) is 0.781. The van der Waals surface area contributed by atoms with Crippen LogP contribution in [0, 0.1) is 0 Å². The van der Waals surface area contributed by atoms with Crippen molar-refractivity contribution in [3.8, 4) is 11.5 Å². The molecule has 5 nitrogen and oxygen atoms in total. The molecule has 21 heavy (non-hydrogen) atoms. The second-order valence-electron chi connectivity index (χ2n) is 5.61. The van der Waals surface area contributed by atoms with E-state index in [2.05, 4.69) is 21.2 Å². The molecular formula is C16H16N4O. The highest BCUT2D eigenvalue weighted by Crippen LogP contribution is 2.34. The highest BCUT2D eigenvalue weighted by atomic mass is 16.5. The fraction of sp³-hybridized carbons (Fsp3) is 0.312. The lowest BCUT2D eigenvalue weighted by molar-refractivity contribution is 0.353. The average Bonchev–Trinajstić information content (AvgIpc) is 3.15.